The number of nitrogens with one attached hydrogen (secondary N) is 2. The fraction of sp³-hybridized carbons (Fsp3) is 0.0667. The zero-order valence-corrected chi connectivity index (χ0v) is 12.7. The summed E-state index contributed by atoms with van der Waals surface area (Å²) in [7, 11) is 0. The highest BCUT2D eigenvalue weighted by atomic mass is 19.1. The number of aromatic amines is 1. The third kappa shape index (κ3) is 3.04. The van der Waals surface area contributed by atoms with E-state index in [4.69, 9.17) is 0 Å². The number of hydrogen-bond donors (Lipinski definition) is 2. The average molecular weight is 338 g/mol. The molecule has 0 aromatic carbocycles. The van der Waals surface area contributed by atoms with Crippen molar-refractivity contribution in [2.45, 2.75) is 6.54 Å². The molecule has 0 aliphatic heterocycles. The third-order valence-corrected chi connectivity index (χ3v) is 3.47. The monoisotopic (exact) mass is 338 g/mol. The van der Waals surface area contributed by atoms with Gasteiger partial charge in [0, 0.05) is 12.4 Å². The molecule has 4 aromatic rings. The van der Waals surface area contributed by atoms with Crippen molar-refractivity contribution in [3.8, 4) is 0 Å². The Morgan fingerprint density at radius 2 is 2.20 bits per heavy atom. The van der Waals surface area contributed by atoms with Gasteiger partial charge in [0.25, 0.3) is 5.91 Å². The molecule has 0 saturated carbocycles. The summed E-state index contributed by atoms with van der Waals surface area (Å²) in [6, 6.07) is 2.95. The summed E-state index contributed by atoms with van der Waals surface area (Å²) in [5, 5.41) is 13.9. The second-order valence-corrected chi connectivity index (χ2v) is 5.22. The van der Waals surface area contributed by atoms with Crippen molar-refractivity contribution in [3.63, 3.8) is 0 Å². The fourth-order valence-corrected chi connectivity index (χ4v) is 2.38. The van der Waals surface area contributed by atoms with E-state index < -0.39 is 5.82 Å². The molecule has 4 heterocycles. The minimum atomic E-state index is -0.423. The summed E-state index contributed by atoms with van der Waals surface area (Å²) >= 11 is 0. The summed E-state index contributed by atoms with van der Waals surface area (Å²) in [5.74, 6) is -0.658. The SMILES string of the molecule is O=C(Nc1ncn(Cc2cncc(F)c2)n1)c1ccnc2[nH]ncc12. The first kappa shape index (κ1) is 14.9. The van der Waals surface area contributed by atoms with Gasteiger partial charge in [-0.15, -0.1) is 5.10 Å². The second kappa shape index (κ2) is 6.07. The topological polar surface area (TPSA) is 114 Å². The Balaban J connectivity index is 1.51. The first-order valence-corrected chi connectivity index (χ1v) is 7.27. The smallest absolute Gasteiger partial charge is 0.258 e. The van der Waals surface area contributed by atoms with Crippen LogP contribution < -0.4 is 5.32 Å². The van der Waals surface area contributed by atoms with Crippen LogP contribution in [0.4, 0.5) is 10.3 Å². The Morgan fingerprint density at radius 1 is 1.28 bits per heavy atom. The van der Waals surface area contributed by atoms with Gasteiger partial charge in [-0.25, -0.2) is 19.0 Å². The van der Waals surface area contributed by atoms with Gasteiger partial charge in [-0.3, -0.25) is 20.2 Å². The number of anilines is 1. The Bertz CT molecular complexity index is 1060. The van der Waals surface area contributed by atoms with Crippen LogP contribution >= 0.6 is 0 Å². The van der Waals surface area contributed by atoms with Crippen LogP contribution in [-0.4, -0.2) is 40.8 Å². The molecular formula is C15H11FN8O. The number of carbonyl (C=O) groups excluding carboxylic acids is 1. The molecule has 25 heavy (non-hydrogen) atoms. The van der Waals surface area contributed by atoms with Gasteiger partial charge < -0.3 is 0 Å². The molecule has 0 spiro atoms. The quantitative estimate of drug-likeness (QED) is 0.581. The molecule has 0 unspecified atom stereocenters. The predicted molar refractivity (Wildman–Crippen MR) is 85.2 cm³/mol. The number of carbonyl (C=O) groups is 1. The lowest BCUT2D eigenvalue weighted by Gasteiger charge is -2.02. The van der Waals surface area contributed by atoms with E-state index in [-0.39, 0.29) is 18.4 Å². The Hall–Kier alpha value is -3.69. The van der Waals surface area contributed by atoms with Crippen LogP contribution in [0.1, 0.15) is 15.9 Å². The molecule has 124 valence electrons. The number of pyridine rings is 2. The Kier molecular flexibility index (Phi) is 3.61. The summed E-state index contributed by atoms with van der Waals surface area (Å²) in [5.41, 5.74) is 1.56. The van der Waals surface area contributed by atoms with Gasteiger partial charge in [0.1, 0.15) is 12.1 Å². The van der Waals surface area contributed by atoms with Crippen molar-refractivity contribution in [2.75, 3.05) is 5.32 Å². The summed E-state index contributed by atoms with van der Waals surface area (Å²) in [6.45, 7) is 0.287. The predicted octanol–water partition coefficient (Wildman–Crippen LogP) is 1.38. The maximum Gasteiger partial charge on any atom is 0.258 e. The molecule has 0 fully saturated rings. The number of halogens is 1. The minimum absolute atomic E-state index is 0.141. The number of nitrogens with zero attached hydrogens (tertiary/aromatic N) is 6. The summed E-state index contributed by atoms with van der Waals surface area (Å²) in [4.78, 5) is 24.3. The van der Waals surface area contributed by atoms with Gasteiger partial charge in [-0.05, 0) is 17.7 Å². The lowest BCUT2D eigenvalue weighted by molar-refractivity contribution is 0.102. The lowest BCUT2D eigenvalue weighted by Crippen LogP contribution is -2.14. The van der Waals surface area contributed by atoms with Gasteiger partial charge in [0.05, 0.1) is 29.9 Å². The summed E-state index contributed by atoms with van der Waals surface area (Å²) in [6.07, 6.45) is 7.15. The highest BCUT2D eigenvalue weighted by molar-refractivity contribution is 6.11. The van der Waals surface area contributed by atoms with Crippen LogP contribution in [0.2, 0.25) is 0 Å². The molecule has 4 rings (SSSR count). The van der Waals surface area contributed by atoms with E-state index in [9.17, 15) is 9.18 Å². The summed E-state index contributed by atoms with van der Waals surface area (Å²) < 4.78 is 14.6. The number of rotatable bonds is 4. The molecule has 9 nitrogen and oxygen atoms in total. The molecule has 10 heteroatoms. The lowest BCUT2D eigenvalue weighted by atomic mass is 10.2. The van der Waals surface area contributed by atoms with Crippen molar-refractivity contribution in [1.29, 1.82) is 0 Å². The van der Waals surface area contributed by atoms with Crippen LogP contribution in [-0.2, 0) is 6.54 Å². The van der Waals surface area contributed by atoms with Gasteiger partial charge in [-0.1, -0.05) is 0 Å². The molecule has 0 radical (unpaired) electrons. The van der Waals surface area contributed by atoms with E-state index in [1.54, 1.807) is 6.07 Å². The molecule has 4 aromatic heterocycles. The normalized spacial score (nSPS) is 10.9. The average Bonchev–Trinajstić information content (AvgIpc) is 3.23. The van der Waals surface area contributed by atoms with E-state index in [1.165, 1.54) is 35.7 Å². The molecule has 0 atom stereocenters. The van der Waals surface area contributed by atoms with Crippen molar-refractivity contribution < 1.29 is 9.18 Å². The largest absolute Gasteiger partial charge is 0.289 e. The molecule has 2 N–H and O–H groups in total. The van der Waals surface area contributed by atoms with Gasteiger partial charge in [0.15, 0.2) is 5.65 Å². The first-order chi connectivity index (χ1) is 12.2. The van der Waals surface area contributed by atoms with Crippen LogP contribution in [0.3, 0.4) is 0 Å². The molecule has 1 amide bonds. The molecule has 0 aliphatic carbocycles. The Morgan fingerprint density at radius 3 is 3.08 bits per heavy atom. The number of H-pyrrole nitrogens is 1. The van der Waals surface area contributed by atoms with E-state index >= 15 is 0 Å². The second-order valence-electron chi connectivity index (χ2n) is 5.22. The van der Waals surface area contributed by atoms with Crippen molar-refractivity contribution in [3.05, 3.63) is 60.2 Å². The van der Waals surface area contributed by atoms with Crippen LogP contribution in [0.25, 0.3) is 11.0 Å². The highest BCUT2D eigenvalue weighted by Gasteiger charge is 2.14. The minimum Gasteiger partial charge on any atom is -0.289 e. The molecular weight excluding hydrogens is 327 g/mol. The molecule has 0 aliphatic rings. The molecule has 0 saturated heterocycles. The van der Waals surface area contributed by atoms with Gasteiger partial charge >= 0.3 is 0 Å². The van der Waals surface area contributed by atoms with Crippen molar-refractivity contribution in [2.24, 2.45) is 0 Å². The van der Waals surface area contributed by atoms with E-state index in [2.05, 4.69) is 35.6 Å². The fourth-order valence-electron chi connectivity index (χ4n) is 2.38. The maximum absolute atomic E-state index is 13.2. The van der Waals surface area contributed by atoms with Crippen molar-refractivity contribution in [1.82, 2.24) is 34.9 Å². The highest BCUT2D eigenvalue weighted by Crippen LogP contribution is 2.15. The first-order valence-electron chi connectivity index (χ1n) is 7.27. The number of aromatic nitrogens is 7. The van der Waals surface area contributed by atoms with Crippen LogP contribution in [0.5, 0.6) is 0 Å². The van der Waals surface area contributed by atoms with Crippen molar-refractivity contribution >= 4 is 22.9 Å². The van der Waals surface area contributed by atoms with E-state index in [1.807, 2.05) is 0 Å². The van der Waals surface area contributed by atoms with Gasteiger partial charge in [0.2, 0.25) is 5.95 Å². The number of amides is 1. The number of hydrogen-bond acceptors (Lipinski definition) is 6. The Labute approximate surface area is 139 Å². The van der Waals surface area contributed by atoms with Crippen LogP contribution in [0, 0.1) is 5.82 Å². The van der Waals surface area contributed by atoms with Crippen LogP contribution in [0.15, 0.2) is 43.2 Å². The van der Waals surface area contributed by atoms with E-state index in [0.717, 1.165) is 6.20 Å². The van der Waals surface area contributed by atoms with E-state index in [0.29, 0.717) is 22.2 Å². The zero-order valence-electron chi connectivity index (χ0n) is 12.7. The number of fused-ring (bicyclic) bond motifs is 1. The maximum atomic E-state index is 13.2. The third-order valence-electron chi connectivity index (χ3n) is 3.47. The van der Waals surface area contributed by atoms with Gasteiger partial charge in [-0.2, -0.15) is 5.10 Å². The standard InChI is InChI=1S/C15H11FN8O/c16-10-3-9(4-17-5-10)7-24-8-19-15(23-24)21-14(25)11-1-2-18-13-12(11)6-20-22-13/h1-6,8H,7H2,(H,18,20,22)(H,21,23,25). The molecule has 0 bridgehead atoms. The zero-order chi connectivity index (χ0) is 17.2.